The maximum Gasteiger partial charge on any atom is 0.132 e. The summed E-state index contributed by atoms with van der Waals surface area (Å²) in [6.07, 6.45) is -0.503. The number of hydrogen-bond donors (Lipinski definition) is 1. The van der Waals surface area contributed by atoms with Gasteiger partial charge < -0.3 is 24.3 Å². The summed E-state index contributed by atoms with van der Waals surface area (Å²) in [5.74, 6) is 1.69. The largest absolute Gasteiger partial charge is 0.497 e. The summed E-state index contributed by atoms with van der Waals surface area (Å²) in [7, 11) is 1.68. The molecule has 0 radical (unpaired) electrons. The molecule has 0 bridgehead atoms. The van der Waals surface area contributed by atoms with Crippen molar-refractivity contribution in [3.8, 4) is 11.5 Å². The van der Waals surface area contributed by atoms with Crippen molar-refractivity contribution in [3.63, 3.8) is 0 Å². The first-order valence-electron chi connectivity index (χ1n) is 13.5. The fourth-order valence-corrected chi connectivity index (χ4v) is 4.80. The van der Waals surface area contributed by atoms with Crippen LogP contribution in [0.15, 0.2) is 66.7 Å². The summed E-state index contributed by atoms with van der Waals surface area (Å²) in [6.45, 7) is 16.2. The van der Waals surface area contributed by atoms with E-state index in [0.717, 1.165) is 28.3 Å². The fourth-order valence-electron chi connectivity index (χ4n) is 4.80. The Morgan fingerprint density at radius 2 is 1.58 bits per heavy atom. The van der Waals surface area contributed by atoms with E-state index in [-0.39, 0.29) is 23.7 Å². The molecule has 0 spiro atoms. The van der Waals surface area contributed by atoms with E-state index in [1.54, 1.807) is 7.11 Å². The van der Waals surface area contributed by atoms with Gasteiger partial charge in [0.1, 0.15) is 29.3 Å². The van der Waals surface area contributed by atoms with Gasteiger partial charge in [0.05, 0.1) is 19.8 Å². The van der Waals surface area contributed by atoms with Gasteiger partial charge in [-0.05, 0) is 80.1 Å². The minimum Gasteiger partial charge on any atom is -0.497 e. The summed E-state index contributed by atoms with van der Waals surface area (Å²) in [5, 5.41) is 3.54. The van der Waals surface area contributed by atoms with Crippen molar-refractivity contribution in [2.24, 2.45) is 0 Å². The van der Waals surface area contributed by atoms with Crippen LogP contribution in [-0.4, -0.2) is 24.9 Å². The van der Waals surface area contributed by atoms with Crippen molar-refractivity contribution in [2.45, 2.75) is 90.9 Å². The van der Waals surface area contributed by atoms with E-state index in [0.29, 0.717) is 13.2 Å². The summed E-state index contributed by atoms with van der Waals surface area (Å²) in [4.78, 5) is 0. The molecule has 0 saturated heterocycles. The lowest BCUT2D eigenvalue weighted by molar-refractivity contribution is -0.177. The smallest absolute Gasteiger partial charge is 0.132 e. The Bertz CT molecular complexity index is 1190. The Morgan fingerprint density at radius 1 is 0.921 bits per heavy atom. The van der Waals surface area contributed by atoms with E-state index in [9.17, 15) is 0 Å². The molecule has 204 valence electrons. The molecule has 1 heterocycles. The van der Waals surface area contributed by atoms with Crippen LogP contribution in [0.5, 0.6) is 11.5 Å². The fraction of sp³-hybridized carbons (Fsp3) is 0.455. The molecule has 3 aromatic carbocycles. The van der Waals surface area contributed by atoms with Crippen LogP contribution in [0.1, 0.15) is 76.8 Å². The number of rotatable bonds is 9. The van der Waals surface area contributed by atoms with Gasteiger partial charge in [0.15, 0.2) is 0 Å². The lowest BCUT2D eigenvalue weighted by Crippen LogP contribution is -2.51. The molecule has 1 aliphatic heterocycles. The Kier molecular flexibility index (Phi) is 8.39. The normalized spacial score (nSPS) is 18.6. The Morgan fingerprint density at radius 3 is 2.18 bits per heavy atom. The molecule has 38 heavy (non-hydrogen) atoms. The summed E-state index contributed by atoms with van der Waals surface area (Å²) in [5.41, 5.74) is 5.20. The van der Waals surface area contributed by atoms with Crippen molar-refractivity contribution in [2.75, 3.05) is 12.4 Å². The number of methoxy groups -OCH3 is 1. The Labute approximate surface area is 228 Å². The SMILES string of the molecule is COc1ccc(CNc2ccc3c(c2)C(OC(C)C)C(OCc2ccc(C(C)(C)C)cc2)C(C)(C)O3)cc1. The van der Waals surface area contributed by atoms with Gasteiger partial charge in [0.2, 0.25) is 0 Å². The number of fused-ring (bicyclic) bond motifs is 1. The van der Waals surface area contributed by atoms with E-state index >= 15 is 0 Å². The van der Waals surface area contributed by atoms with Gasteiger partial charge in [-0.2, -0.15) is 0 Å². The van der Waals surface area contributed by atoms with Crippen LogP contribution in [0.4, 0.5) is 5.69 Å². The van der Waals surface area contributed by atoms with Gasteiger partial charge in [-0.25, -0.2) is 0 Å². The van der Waals surface area contributed by atoms with Gasteiger partial charge in [-0.3, -0.25) is 0 Å². The first-order chi connectivity index (χ1) is 18.0. The zero-order valence-corrected chi connectivity index (χ0v) is 24.1. The second-order valence-electron chi connectivity index (χ2n) is 11.9. The van der Waals surface area contributed by atoms with Crippen molar-refractivity contribution in [3.05, 3.63) is 89.0 Å². The molecule has 5 heteroatoms. The monoisotopic (exact) mass is 517 g/mol. The molecule has 0 fully saturated rings. The van der Waals surface area contributed by atoms with Crippen LogP contribution in [-0.2, 0) is 28.0 Å². The lowest BCUT2D eigenvalue weighted by atomic mass is 9.86. The third kappa shape index (κ3) is 6.69. The van der Waals surface area contributed by atoms with Gasteiger partial charge in [-0.1, -0.05) is 57.2 Å². The van der Waals surface area contributed by atoms with Crippen LogP contribution in [0, 0.1) is 0 Å². The van der Waals surface area contributed by atoms with E-state index in [2.05, 4.69) is 102 Å². The van der Waals surface area contributed by atoms with Gasteiger partial charge in [0, 0.05) is 17.8 Å². The van der Waals surface area contributed by atoms with Crippen molar-refractivity contribution in [1.29, 1.82) is 0 Å². The summed E-state index contributed by atoms with van der Waals surface area (Å²) < 4.78 is 24.9. The quantitative estimate of drug-likeness (QED) is 0.313. The number of ether oxygens (including phenoxy) is 4. The van der Waals surface area contributed by atoms with E-state index < -0.39 is 5.60 Å². The first kappa shape index (κ1) is 28.0. The summed E-state index contributed by atoms with van der Waals surface area (Å²) >= 11 is 0. The third-order valence-electron chi connectivity index (χ3n) is 6.97. The van der Waals surface area contributed by atoms with E-state index in [4.69, 9.17) is 18.9 Å². The molecule has 0 aromatic heterocycles. The standard InChI is InChI=1S/C33H43NO4/c1-22(2)37-30-28-19-26(34-20-23-11-16-27(35-8)17-12-23)15-18-29(28)38-33(6,7)31(30)36-21-24-9-13-25(14-10-24)32(3,4)5/h9-19,22,30-31,34H,20-21H2,1-8H3. The molecule has 0 amide bonds. The average molecular weight is 518 g/mol. The highest BCUT2D eigenvalue weighted by Crippen LogP contribution is 2.45. The maximum absolute atomic E-state index is 6.59. The Balaban J connectivity index is 1.54. The van der Waals surface area contributed by atoms with Gasteiger partial charge in [0.25, 0.3) is 0 Å². The maximum atomic E-state index is 6.59. The highest BCUT2D eigenvalue weighted by Gasteiger charge is 2.46. The molecule has 4 rings (SSSR count). The van der Waals surface area contributed by atoms with E-state index in [1.807, 2.05) is 18.2 Å². The van der Waals surface area contributed by atoms with Crippen molar-refractivity contribution in [1.82, 2.24) is 0 Å². The average Bonchev–Trinajstić information content (AvgIpc) is 2.86. The highest BCUT2D eigenvalue weighted by molar-refractivity contribution is 5.54. The molecule has 3 aromatic rings. The molecular formula is C33H43NO4. The second kappa shape index (κ2) is 11.4. The lowest BCUT2D eigenvalue weighted by Gasteiger charge is -2.45. The highest BCUT2D eigenvalue weighted by atomic mass is 16.6. The zero-order chi connectivity index (χ0) is 27.5. The zero-order valence-electron chi connectivity index (χ0n) is 24.1. The summed E-state index contributed by atoms with van der Waals surface area (Å²) in [6, 6.07) is 23.0. The molecule has 5 nitrogen and oxygen atoms in total. The van der Waals surface area contributed by atoms with Crippen LogP contribution in [0.2, 0.25) is 0 Å². The predicted molar refractivity (Wildman–Crippen MR) is 154 cm³/mol. The molecule has 1 N–H and O–H groups in total. The number of nitrogens with one attached hydrogen (secondary N) is 1. The van der Waals surface area contributed by atoms with Crippen LogP contribution >= 0.6 is 0 Å². The third-order valence-corrected chi connectivity index (χ3v) is 6.97. The van der Waals surface area contributed by atoms with Crippen LogP contribution in [0.25, 0.3) is 0 Å². The molecule has 1 aliphatic rings. The number of benzene rings is 3. The molecule has 0 saturated carbocycles. The Hall–Kier alpha value is -3.02. The minimum absolute atomic E-state index is 0.0369. The molecule has 0 aliphatic carbocycles. The predicted octanol–water partition coefficient (Wildman–Crippen LogP) is 7.83. The minimum atomic E-state index is -0.560. The van der Waals surface area contributed by atoms with Gasteiger partial charge >= 0.3 is 0 Å². The molecule has 2 atom stereocenters. The topological polar surface area (TPSA) is 49.0 Å². The number of hydrogen-bond acceptors (Lipinski definition) is 5. The first-order valence-corrected chi connectivity index (χ1v) is 13.5. The number of anilines is 1. The van der Waals surface area contributed by atoms with E-state index in [1.165, 1.54) is 11.1 Å². The molecular weight excluding hydrogens is 474 g/mol. The second-order valence-corrected chi connectivity index (χ2v) is 11.9. The van der Waals surface area contributed by atoms with Crippen molar-refractivity contribution < 1.29 is 18.9 Å². The van der Waals surface area contributed by atoms with Crippen molar-refractivity contribution >= 4 is 5.69 Å². The molecule has 2 unspecified atom stereocenters. The van der Waals surface area contributed by atoms with Gasteiger partial charge in [-0.15, -0.1) is 0 Å². The van der Waals surface area contributed by atoms with Crippen LogP contribution in [0.3, 0.4) is 0 Å². The van der Waals surface area contributed by atoms with Crippen LogP contribution < -0.4 is 14.8 Å².